The van der Waals surface area contributed by atoms with Crippen molar-refractivity contribution in [1.82, 2.24) is 10.2 Å². The highest BCUT2D eigenvalue weighted by molar-refractivity contribution is 5.86. The van der Waals surface area contributed by atoms with Crippen LogP contribution in [0, 0.1) is 5.92 Å². The molecule has 0 aliphatic carbocycles. The number of ether oxygens (including phenoxy) is 1. The topological polar surface area (TPSA) is 118 Å². The summed E-state index contributed by atoms with van der Waals surface area (Å²) < 4.78 is 5.66. The lowest BCUT2D eigenvalue weighted by molar-refractivity contribution is -0.151. The molecule has 0 spiro atoms. The molecule has 2 fully saturated rings. The third-order valence-corrected chi connectivity index (χ3v) is 7.96. The Morgan fingerprint density at radius 1 is 1.06 bits per heavy atom. The molecule has 0 aromatic heterocycles. The molecule has 8 heteroatoms. The SMILES string of the molecule is CCCCCCCCCCCC1CC2CCC3C(C(=O)OCCCCN=C(N)N)C(C)N=C(N1)N23. The molecular formula is C27H50N6O2. The number of nitrogens with one attached hydrogen (secondary N) is 1. The van der Waals surface area contributed by atoms with E-state index in [9.17, 15) is 4.79 Å². The van der Waals surface area contributed by atoms with Crippen LogP contribution in [-0.2, 0) is 9.53 Å². The number of aliphatic imine (C=N–C) groups is 2. The minimum Gasteiger partial charge on any atom is -0.465 e. The van der Waals surface area contributed by atoms with E-state index < -0.39 is 0 Å². The molecule has 2 saturated heterocycles. The Balaban J connectivity index is 1.40. The highest BCUT2D eigenvalue weighted by atomic mass is 16.5. The monoisotopic (exact) mass is 490 g/mol. The zero-order chi connectivity index (χ0) is 25.0. The summed E-state index contributed by atoms with van der Waals surface area (Å²) in [5.41, 5.74) is 10.7. The highest BCUT2D eigenvalue weighted by Crippen LogP contribution is 2.39. The van der Waals surface area contributed by atoms with Crippen LogP contribution in [0.5, 0.6) is 0 Å². The van der Waals surface area contributed by atoms with Gasteiger partial charge in [0.25, 0.3) is 0 Å². The van der Waals surface area contributed by atoms with Gasteiger partial charge in [-0.15, -0.1) is 0 Å². The number of hydrogen-bond acceptors (Lipinski definition) is 6. The van der Waals surface area contributed by atoms with Gasteiger partial charge in [-0.1, -0.05) is 64.7 Å². The fourth-order valence-corrected chi connectivity index (χ4v) is 6.11. The van der Waals surface area contributed by atoms with Gasteiger partial charge >= 0.3 is 5.97 Å². The maximum absolute atomic E-state index is 13.0. The molecule has 3 aliphatic rings. The number of unbranched alkanes of at least 4 members (excludes halogenated alkanes) is 9. The molecule has 5 atom stereocenters. The molecule has 0 aromatic carbocycles. The van der Waals surface area contributed by atoms with Gasteiger partial charge in [0.05, 0.1) is 18.6 Å². The molecule has 3 heterocycles. The van der Waals surface area contributed by atoms with Gasteiger partial charge in [0.15, 0.2) is 11.9 Å². The number of nitrogens with zero attached hydrogens (tertiary/aromatic N) is 3. The first-order chi connectivity index (χ1) is 17.0. The van der Waals surface area contributed by atoms with Gasteiger partial charge in [-0.05, 0) is 45.4 Å². The number of carbonyl (C=O) groups excluding carboxylic acids is 1. The summed E-state index contributed by atoms with van der Waals surface area (Å²) in [4.78, 5) is 24.3. The van der Waals surface area contributed by atoms with Gasteiger partial charge < -0.3 is 26.4 Å². The van der Waals surface area contributed by atoms with Crippen LogP contribution in [0.2, 0.25) is 0 Å². The van der Waals surface area contributed by atoms with Gasteiger partial charge in [0.2, 0.25) is 0 Å². The Bertz CT molecular complexity index is 708. The van der Waals surface area contributed by atoms with Crippen LogP contribution >= 0.6 is 0 Å². The van der Waals surface area contributed by atoms with Crippen molar-refractivity contribution in [1.29, 1.82) is 0 Å². The minimum absolute atomic E-state index is 0.0573. The smallest absolute Gasteiger partial charge is 0.313 e. The first-order valence-corrected chi connectivity index (χ1v) is 14.4. The molecule has 8 nitrogen and oxygen atoms in total. The van der Waals surface area contributed by atoms with Crippen LogP contribution in [0.1, 0.15) is 110 Å². The van der Waals surface area contributed by atoms with Gasteiger partial charge in [0, 0.05) is 24.7 Å². The van der Waals surface area contributed by atoms with Crippen molar-refractivity contribution in [3.05, 3.63) is 0 Å². The van der Waals surface area contributed by atoms with Crippen molar-refractivity contribution in [3.63, 3.8) is 0 Å². The van der Waals surface area contributed by atoms with Crippen LogP contribution in [-0.4, -0.2) is 60.1 Å². The van der Waals surface area contributed by atoms with E-state index in [4.69, 9.17) is 21.2 Å². The predicted octanol–water partition coefficient (Wildman–Crippen LogP) is 4.07. The maximum atomic E-state index is 13.0. The van der Waals surface area contributed by atoms with E-state index in [1.54, 1.807) is 0 Å². The molecule has 0 saturated carbocycles. The molecule has 0 amide bonds. The predicted molar refractivity (Wildman–Crippen MR) is 143 cm³/mol. The summed E-state index contributed by atoms with van der Waals surface area (Å²) in [7, 11) is 0. The van der Waals surface area contributed by atoms with E-state index in [0.717, 1.165) is 38.1 Å². The van der Waals surface area contributed by atoms with E-state index in [1.165, 1.54) is 64.2 Å². The molecule has 5 N–H and O–H groups in total. The number of guanidine groups is 2. The zero-order valence-corrected chi connectivity index (χ0v) is 22.2. The molecule has 0 aromatic rings. The fraction of sp³-hybridized carbons (Fsp3) is 0.889. The summed E-state index contributed by atoms with van der Waals surface area (Å²) >= 11 is 0. The largest absolute Gasteiger partial charge is 0.465 e. The quantitative estimate of drug-likeness (QED) is 0.130. The second-order valence-corrected chi connectivity index (χ2v) is 10.8. The van der Waals surface area contributed by atoms with Crippen LogP contribution < -0.4 is 16.8 Å². The lowest BCUT2D eigenvalue weighted by Crippen LogP contribution is -2.63. The third kappa shape index (κ3) is 8.28. The zero-order valence-electron chi connectivity index (χ0n) is 22.2. The molecule has 3 aliphatic heterocycles. The minimum atomic E-state index is -0.183. The Morgan fingerprint density at radius 2 is 1.77 bits per heavy atom. The van der Waals surface area contributed by atoms with Crippen molar-refractivity contribution in [2.45, 2.75) is 134 Å². The summed E-state index contributed by atoms with van der Waals surface area (Å²) in [6, 6.07) is 1.17. The Labute approximate surface area is 212 Å². The number of rotatable bonds is 16. The lowest BCUT2D eigenvalue weighted by atomic mass is 9.89. The average Bonchev–Trinajstić information content (AvgIpc) is 3.24. The molecule has 0 radical (unpaired) electrons. The van der Waals surface area contributed by atoms with E-state index in [2.05, 4.69) is 29.1 Å². The average molecular weight is 491 g/mol. The molecule has 200 valence electrons. The third-order valence-electron chi connectivity index (χ3n) is 7.96. The second-order valence-electron chi connectivity index (χ2n) is 10.8. The van der Waals surface area contributed by atoms with E-state index in [0.29, 0.717) is 25.2 Å². The number of esters is 1. The van der Waals surface area contributed by atoms with Crippen molar-refractivity contribution in [3.8, 4) is 0 Å². The summed E-state index contributed by atoms with van der Waals surface area (Å²) in [6.45, 7) is 5.32. The van der Waals surface area contributed by atoms with Crippen LogP contribution in [0.15, 0.2) is 9.98 Å². The number of hydrogen-bond donors (Lipinski definition) is 3. The first kappa shape index (κ1) is 27.6. The fourth-order valence-electron chi connectivity index (χ4n) is 6.11. The summed E-state index contributed by atoms with van der Waals surface area (Å²) in [5, 5.41) is 3.74. The Kier molecular flexibility index (Phi) is 11.5. The van der Waals surface area contributed by atoms with E-state index >= 15 is 0 Å². The standard InChI is InChI=1S/C27H50N6O2/c1-3-4-5-6-7-8-9-10-11-14-21-19-22-15-16-23-24(20(2)31-27(32-21)33(22)23)25(34)35-18-13-12-17-30-26(28)29/h20-24H,3-19H2,1-2H3,(H,31,32)(H4,28,29,30). The van der Waals surface area contributed by atoms with Gasteiger partial charge in [-0.25, -0.2) is 4.99 Å². The van der Waals surface area contributed by atoms with E-state index in [1.807, 2.05) is 0 Å². The van der Waals surface area contributed by atoms with Crippen LogP contribution in [0.3, 0.4) is 0 Å². The van der Waals surface area contributed by atoms with Crippen LogP contribution in [0.25, 0.3) is 0 Å². The maximum Gasteiger partial charge on any atom is 0.313 e. The molecule has 3 rings (SSSR count). The van der Waals surface area contributed by atoms with E-state index in [-0.39, 0.29) is 29.9 Å². The Hall–Kier alpha value is -1.99. The normalized spacial score (nSPS) is 27.1. The molecule has 35 heavy (non-hydrogen) atoms. The summed E-state index contributed by atoms with van der Waals surface area (Å²) in [6.07, 6.45) is 18.5. The lowest BCUT2D eigenvalue weighted by Gasteiger charge is -2.46. The van der Waals surface area contributed by atoms with Crippen LogP contribution in [0.4, 0.5) is 0 Å². The van der Waals surface area contributed by atoms with Crippen molar-refractivity contribution in [2.75, 3.05) is 13.2 Å². The second kappa shape index (κ2) is 14.5. The molecular weight excluding hydrogens is 440 g/mol. The molecule has 5 unspecified atom stereocenters. The van der Waals surface area contributed by atoms with Gasteiger partial charge in [0.1, 0.15) is 0 Å². The Morgan fingerprint density at radius 3 is 2.49 bits per heavy atom. The van der Waals surface area contributed by atoms with Crippen molar-refractivity contribution < 1.29 is 9.53 Å². The number of nitrogens with two attached hydrogens (primary N) is 2. The number of carbonyl (C=O) groups is 1. The highest BCUT2D eigenvalue weighted by Gasteiger charge is 2.50. The van der Waals surface area contributed by atoms with Gasteiger partial charge in [-0.2, -0.15) is 0 Å². The first-order valence-electron chi connectivity index (χ1n) is 14.4. The van der Waals surface area contributed by atoms with Crippen molar-refractivity contribution in [2.24, 2.45) is 27.4 Å². The summed E-state index contributed by atoms with van der Waals surface area (Å²) in [5.74, 6) is 0.841. The van der Waals surface area contributed by atoms with Crippen molar-refractivity contribution >= 4 is 17.9 Å². The molecule has 0 bridgehead atoms. The van der Waals surface area contributed by atoms with Gasteiger partial charge in [-0.3, -0.25) is 9.79 Å².